The van der Waals surface area contributed by atoms with E-state index in [1.807, 2.05) is 43.5 Å². The highest BCUT2D eigenvalue weighted by atomic mass is 16.1. The van der Waals surface area contributed by atoms with Crippen molar-refractivity contribution in [2.24, 2.45) is 0 Å². The number of hydrogen-bond donors (Lipinski definition) is 1. The smallest absolute Gasteiger partial charge is 0.168 e. The van der Waals surface area contributed by atoms with Crippen molar-refractivity contribution in [3.8, 4) is 22.3 Å². The number of carbonyl (C=O) groups is 1. The second kappa shape index (κ2) is 5.77. The standard InChI is InChI=1S/C18H15N3O/c1-12-2-3-16(19)8-18(12)15-6-14(9-20-10-15)13-4-5-21-17(7-13)11-22/h2-11H,19H2,1H3. The van der Waals surface area contributed by atoms with Crippen LogP contribution in [-0.4, -0.2) is 16.3 Å². The fourth-order valence-corrected chi connectivity index (χ4v) is 2.39. The average molecular weight is 289 g/mol. The third kappa shape index (κ3) is 2.72. The molecule has 0 aliphatic heterocycles. The molecule has 0 radical (unpaired) electrons. The lowest BCUT2D eigenvalue weighted by atomic mass is 9.98. The van der Waals surface area contributed by atoms with E-state index in [1.54, 1.807) is 18.5 Å². The van der Waals surface area contributed by atoms with E-state index in [-0.39, 0.29) is 0 Å². The Morgan fingerprint density at radius 2 is 1.82 bits per heavy atom. The van der Waals surface area contributed by atoms with Crippen LogP contribution in [0, 0.1) is 6.92 Å². The van der Waals surface area contributed by atoms with Crippen LogP contribution in [0.25, 0.3) is 22.3 Å². The summed E-state index contributed by atoms with van der Waals surface area (Å²) in [6, 6.07) is 11.5. The molecule has 4 nitrogen and oxygen atoms in total. The van der Waals surface area contributed by atoms with Crippen molar-refractivity contribution < 1.29 is 4.79 Å². The molecular weight excluding hydrogens is 274 g/mol. The third-order valence-corrected chi connectivity index (χ3v) is 3.55. The van der Waals surface area contributed by atoms with Gasteiger partial charge in [-0.05, 0) is 53.9 Å². The Labute approximate surface area is 128 Å². The van der Waals surface area contributed by atoms with Crippen LogP contribution >= 0.6 is 0 Å². The molecule has 0 aliphatic carbocycles. The quantitative estimate of drug-likeness (QED) is 0.591. The molecule has 0 spiro atoms. The van der Waals surface area contributed by atoms with Gasteiger partial charge in [0.15, 0.2) is 6.29 Å². The summed E-state index contributed by atoms with van der Waals surface area (Å²) in [5.41, 5.74) is 12.0. The van der Waals surface area contributed by atoms with Crippen molar-refractivity contribution >= 4 is 12.0 Å². The second-order valence-electron chi connectivity index (χ2n) is 5.12. The van der Waals surface area contributed by atoms with Gasteiger partial charge in [-0.3, -0.25) is 14.8 Å². The van der Waals surface area contributed by atoms with Crippen LogP contribution in [-0.2, 0) is 0 Å². The van der Waals surface area contributed by atoms with Gasteiger partial charge in [-0.15, -0.1) is 0 Å². The number of aryl methyl sites for hydroxylation is 1. The summed E-state index contributed by atoms with van der Waals surface area (Å²) in [7, 11) is 0. The van der Waals surface area contributed by atoms with Crippen molar-refractivity contribution in [3.05, 3.63) is 66.2 Å². The van der Waals surface area contributed by atoms with Gasteiger partial charge in [-0.1, -0.05) is 6.07 Å². The van der Waals surface area contributed by atoms with Crippen LogP contribution in [0.1, 0.15) is 16.1 Å². The predicted octanol–water partition coefficient (Wildman–Crippen LogP) is 3.51. The maximum absolute atomic E-state index is 10.9. The molecule has 0 unspecified atom stereocenters. The number of nitrogens with two attached hydrogens (primary N) is 1. The molecule has 0 bridgehead atoms. The number of nitrogen functional groups attached to an aromatic ring is 1. The first kappa shape index (κ1) is 13.9. The number of hydrogen-bond acceptors (Lipinski definition) is 4. The van der Waals surface area contributed by atoms with Gasteiger partial charge in [0.2, 0.25) is 0 Å². The minimum Gasteiger partial charge on any atom is -0.399 e. The van der Waals surface area contributed by atoms with Gasteiger partial charge in [0.05, 0.1) is 0 Å². The number of aromatic nitrogens is 2. The van der Waals surface area contributed by atoms with Crippen molar-refractivity contribution in [3.63, 3.8) is 0 Å². The summed E-state index contributed by atoms with van der Waals surface area (Å²) >= 11 is 0. The molecule has 1 aromatic carbocycles. The second-order valence-corrected chi connectivity index (χ2v) is 5.12. The van der Waals surface area contributed by atoms with E-state index in [1.165, 1.54) is 0 Å². The number of pyridine rings is 2. The molecular formula is C18H15N3O. The zero-order valence-corrected chi connectivity index (χ0v) is 12.2. The normalized spacial score (nSPS) is 10.4. The summed E-state index contributed by atoms with van der Waals surface area (Å²) < 4.78 is 0. The Bertz CT molecular complexity index is 843. The van der Waals surface area contributed by atoms with Crippen LogP contribution in [0.5, 0.6) is 0 Å². The molecule has 0 atom stereocenters. The van der Waals surface area contributed by atoms with E-state index < -0.39 is 0 Å². The molecule has 3 aromatic rings. The number of carbonyl (C=O) groups excluding carboxylic acids is 1. The number of nitrogens with zero attached hydrogens (tertiary/aromatic N) is 2. The number of rotatable bonds is 3. The summed E-state index contributed by atoms with van der Waals surface area (Å²) in [6.07, 6.45) is 5.95. The first-order valence-corrected chi connectivity index (χ1v) is 6.90. The number of benzene rings is 1. The van der Waals surface area contributed by atoms with Gasteiger partial charge >= 0.3 is 0 Å². The summed E-state index contributed by atoms with van der Waals surface area (Å²) in [5.74, 6) is 0. The van der Waals surface area contributed by atoms with Crippen LogP contribution in [0.3, 0.4) is 0 Å². The van der Waals surface area contributed by atoms with Crippen LogP contribution in [0.2, 0.25) is 0 Å². The lowest BCUT2D eigenvalue weighted by Crippen LogP contribution is -1.91. The van der Waals surface area contributed by atoms with E-state index in [0.29, 0.717) is 5.69 Å². The Kier molecular flexibility index (Phi) is 3.66. The van der Waals surface area contributed by atoms with Gasteiger partial charge in [-0.2, -0.15) is 0 Å². The van der Waals surface area contributed by atoms with E-state index in [2.05, 4.69) is 9.97 Å². The van der Waals surface area contributed by atoms with Gasteiger partial charge in [0.1, 0.15) is 5.69 Å². The maximum Gasteiger partial charge on any atom is 0.168 e. The van der Waals surface area contributed by atoms with E-state index in [0.717, 1.165) is 39.8 Å². The van der Waals surface area contributed by atoms with E-state index in [4.69, 9.17) is 5.73 Å². The number of anilines is 1. The van der Waals surface area contributed by atoms with Crippen molar-refractivity contribution in [2.45, 2.75) is 6.92 Å². The first-order chi connectivity index (χ1) is 10.7. The molecule has 2 N–H and O–H groups in total. The molecule has 2 heterocycles. The summed E-state index contributed by atoms with van der Waals surface area (Å²) in [4.78, 5) is 19.2. The zero-order chi connectivity index (χ0) is 15.5. The summed E-state index contributed by atoms with van der Waals surface area (Å²) in [6.45, 7) is 2.04. The monoisotopic (exact) mass is 289 g/mol. The van der Waals surface area contributed by atoms with E-state index >= 15 is 0 Å². The largest absolute Gasteiger partial charge is 0.399 e. The average Bonchev–Trinajstić information content (AvgIpc) is 2.57. The lowest BCUT2D eigenvalue weighted by Gasteiger charge is -2.09. The molecule has 0 fully saturated rings. The third-order valence-electron chi connectivity index (χ3n) is 3.55. The molecule has 2 aromatic heterocycles. The molecule has 4 heteroatoms. The van der Waals surface area contributed by atoms with Gasteiger partial charge in [0, 0.05) is 35.4 Å². The first-order valence-electron chi connectivity index (χ1n) is 6.90. The molecule has 0 saturated carbocycles. The molecule has 0 saturated heterocycles. The van der Waals surface area contributed by atoms with Gasteiger partial charge < -0.3 is 5.73 Å². The van der Waals surface area contributed by atoms with Crippen molar-refractivity contribution in [1.82, 2.24) is 9.97 Å². The highest BCUT2D eigenvalue weighted by Crippen LogP contribution is 2.28. The minimum atomic E-state index is 0.406. The maximum atomic E-state index is 10.9. The Morgan fingerprint density at radius 1 is 1.00 bits per heavy atom. The minimum absolute atomic E-state index is 0.406. The fourth-order valence-electron chi connectivity index (χ4n) is 2.39. The predicted molar refractivity (Wildman–Crippen MR) is 87.4 cm³/mol. The molecule has 108 valence electrons. The molecule has 3 rings (SSSR count). The summed E-state index contributed by atoms with van der Waals surface area (Å²) in [5, 5.41) is 0. The highest BCUT2D eigenvalue weighted by Gasteiger charge is 2.06. The Hall–Kier alpha value is -3.01. The molecule has 0 aliphatic rings. The van der Waals surface area contributed by atoms with Gasteiger partial charge in [0.25, 0.3) is 0 Å². The topological polar surface area (TPSA) is 68.9 Å². The molecule has 0 amide bonds. The van der Waals surface area contributed by atoms with Crippen LogP contribution in [0.4, 0.5) is 5.69 Å². The Balaban J connectivity index is 2.09. The fraction of sp³-hybridized carbons (Fsp3) is 0.0556. The molecule has 22 heavy (non-hydrogen) atoms. The Morgan fingerprint density at radius 3 is 2.64 bits per heavy atom. The number of aldehydes is 1. The zero-order valence-electron chi connectivity index (χ0n) is 12.2. The lowest BCUT2D eigenvalue weighted by molar-refractivity contribution is 0.111. The van der Waals surface area contributed by atoms with Crippen LogP contribution in [0.15, 0.2) is 55.0 Å². The van der Waals surface area contributed by atoms with Crippen molar-refractivity contribution in [1.29, 1.82) is 0 Å². The van der Waals surface area contributed by atoms with Crippen LogP contribution < -0.4 is 5.73 Å². The SMILES string of the molecule is Cc1ccc(N)cc1-c1cncc(-c2ccnc(C=O)c2)c1. The van der Waals surface area contributed by atoms with E-state index in [9.17, 15) is 4.79 Å². The van der Waals surface area contributed by atoms with Gasteiger partial charge in [-0.25, -0.2) is 0 Å². The highest BCUT2D eigenvalue weighted by molar-refractivity contribution is 5.78. The van der Waals surface area contributed by atoms with Crippen molar-refractivity contribution in [2.75, 3.05) is 5.73 Å².